The Balaban J connectivity index is 2.84. The average molecular weight is 240 g/mol. The fraction of sp³-hybridized carbons (Fsp3) is 0.667. The number of carbonyl (C=O) groups excluding carboxylic acids is 2. The molecule has 0 fully saturated rings. The lowest BCUT2D eigenvalue weighted by Crippen LogP contribution is -2.50. The maximum Gasteiger partial charge on any atom is 0.321 e. The number of unbranched alkanes of at least 4 members (excludes halogenated alkanes) is 1. The zero-order valence-electron chi connectivity index (χ0n) is 10.6. The molecular weight excluding hydrogens is 220 g/mol. The van der Waals surface area contributed by atoms with E-state index in [1.165, 1.54) is 0 Å². The molecule has 17 heavy (non-hydrogen) atoms. The summed E-state index contributed by atoms with van der Waals surface area (Å²) in [6, 6.07) is -0.326. The van der Waals surface area contributed by atoms with E-state index in [9.17, 15) is 9.59 Å². The van der Waals surface area contributed by atoms with Crippen LogP contribution in [0, 0.1) is 0 Å². The number of hydrogen-bond donors (Lipinski definition) is 2. The molecule has 0 aromatic heterocycles. The first kappa shape index (κ1) is 13.7. The van der Waals surface area contributed by atoms with Crippen molar-refractivity contribution in [3.8, 4) is 0 Å². The fourth-order valence-electron chi connectivity index (χ4n) is 1.78. The van der Waals surface area contributed by atoms with Crippen molar-refractivity contribution >= 4 is 11.8 Å². The van der Waals surface area contributed by atoms with Crippen LogP contribution in [0.5, 0.6) is 0 Å². The molecule has 2 amide bonds. The van der Waals surface area contributed by atoms with Crippen molar-refractivity contribution < 1.29 is 14.3 Å². The topological polar surface area (TPSA) is 67.4 Å². The first-order chi connectivity index (χ1) is 8.10. The molecule has 0 bridgehead atoms. The molecule has 0 spiro atoms. The Morgan fingerprint density at radius 3 is 2.71 bits per heavy atom. The summed E-state index contributed by atoms with van der Waals surface area (Å²) in [7, 11) is 0. The summed E-state index contributed by atoms with van der Waals surface area (Å²) < 4.78 is 5.39. The Bertz CT molecular complexity index is 337. The van der Waals surface area contributed by atoms with Crippen molar-refractivity contribution in [3.63, 3.8) is 0 Å². The van der Waals surface area contributed by atoms with Crippen molar-refractivity contribution in [2.24, 2.45) is 0 Å². The van der Waals surface area contributed by atoms with Gasteiger partial charge in [-0.3, -0.25) is 4.79 Å². The number of nitrogens with one attached hydrogen (secondary N) is 2. The maximum absolute atomic E-state index is 12.0. The van der Waals surface area contributed by atoms with Crippen LogP contribution in [0.1, 0.15) is 40.0 Å². The summed E-state index contributed by atoms with van der Waals surface area (Å²) in [6.07, 6.45) is 1.70. The summed E-state index contributed by atoms with van der Waals surface area (Å²) in [5.41, 5.74) is 1.13. The monoisotopic (exact) mass is 240 g/mol. The van der Waals surface area contributed by atoms with Gasteiger partial charge in [-0.1, -0.05) is 13.3 Å². The van der Waals surface area contributed by atoms with Gasteiger partial charge in [0.15, 0.2) is 12.0 Å². The molecule has 2 N–H and O–H groups in total. The van der Waals surface area contributed by atoms with E-state index in [0.29, 0.717) is 24.3 Å². The maximum atomic E-state index is 12.0. The van der Waals surface area contributed by atoms with E-state index in [0.717, 1.165) is 12.8 Å². The first-order valence-electron chi connectivity index (χ1n) is 6.03. The highest BCUT2D eigenvalue weighted by Gasteiger charge is 2.29. The molecule has 1 rings (SSSR count). The molecule has 0 aliphatic carbocycles. The van der Waals surface area contributed by atoms with Gasteiger partial charge in [-0.25, -0.2) is 4.79 Å². The lowest BCUT2D eigenvalue weighted by Gasteiger charge is -2.27. The van der Waals surface area contributed by atoms with Gasteiger partial charge in [0.2, 0.25) is 0 Å². The van der Waals surface area contributed by atoms with Crippen molar-refractivity contribution in [2.75, 3.05) is 6.61 Å². The van der Waals surface area contributed by atoms with E-state index < -0.39 is 6.23 Å². The molecule has 0 saturated heterocycles. The van der Waals surface area contributed by atoms with Crippen LogP contribution in [0.4, 0.5) is 4.79 Å². The normalized spacial score (nSPS) is 19.9. The largest absolute Gasteiger partial charge is 0.354 e. The van der Waals surface area contributed by atoms with Crippen molar-refractivity contribution in [1.29, 1.82) is 0 Å². The third kappa shape index (κ3) is 3.56. The summed E-state index contributed by atoms with van der Waals surface area (Å²) in [4.78, 5) is 23.3. The Kier molecular flexibility index (Phi) is 5.15. The molecule has 5 nitrogen and oxygen atoms in total. The van der Waals surface area contributed by atoms with E-state index in [2.05, 4.69) is 10.6 Å². The van der Waals surface area contributed by atoms with Crippen molar-refractivity contribution in [2.45, 2.75) is 46.3 Å². The highest BCUT2D eigenvalue weighted by Crippen LogP contribution is 2.17. The van der Waals surface area contributed by atoms with Crippen LogP contribution < -0.4 is 10.6 Å². The first-order valence-corrected chi connectivity index (χ1v) is 6.03. The lowest BCUT2D eigenvalue weighted by molar-refractivity contribution is -0.117. The molecule has 0 aromatic carbocycles. The predicted molar refractivity (Wildman–Crippen MR) is 64.3 cm³/mol. The molecule has 1 unspecified atom stereocenters. The second kappa shape index (κ2) is 6.39. The van der Waals surface area contributed by atoms with Crippen molar-refractivity contribution in [3.05, 3.63) is 11.3 Å². The summed E-state index contributed by atoms with van der Waals surface area (Å²) in [6.45, 7) is 6.04. The zero-order valence-corrected chi connectivity index (χ0v) is 10.6. The van der Waals surface area contributed by atoms with Crippen LogP contribution in [0.2, 0.25) is 0 Å². The van der Waals surface area contributed by atoms with Gasteiger partial charge in [-0.15, -0.1) is 0 Å². The summed E-state index contributed by atoms with van der Waals surface area (Å²) >= 11 is 0. The van der Waals surface area contributed by atoms with E-state index >= 15 is 0 Å². The highest BCUT2D eigenvalue weighted by molar-refractivity contribution is 5.99. The van der Waals surface area contributed by atoms with E-state index in [4.69, 9.17) is 4.74 Å². The Hall–Kier alpha value is -1.36. The smallest absolute Gasteiger partial charge is 0.321 e. The SMILES string of the molecule is CCCCC(=O)C1=C(C)NC(=O)NC1OCC. The van der Waals surface area contributed by atoms with Crippen LogP contribution in [0.25, 0.3) is 0 Å². The van der Waals surface area contributed by atoms with E-state index in [1.807, 2.05) is 13.8 Å². The molecule has 96 valence electrons. The van der Waals surface area contributed by atoms with Crippen LogP contribution in [-0.4, -0.2) is 24.6 Å². The number of hydrogen-bond acceptors (Lipinski definition) is 3. The lowest BCUT2D eigenvalue weighted by atomic mass is 10.0. The molecule has 0 radical (unpaired) electrons. The number of allylic oxidation sites excluding steroid dienone is 1. The van der Waals surface area contributed by atoms with Gasteiger partial charge in [0.05, 0.1) is 5.57 Å². The van der Waals surface area contributed by atoms with E-state index in [-0.39, 0.29) is 11.8 Å². The minimum absolute atomic E-state index is 0.0373. The quantitative estimate of drug-likeness (QED) is 0.742. The Morgan fingerprint density at radius 2 is 2.12 bits per heavy atom. The molecule has 5 heteroatoms. The number of urea groups is 1. The highest BCUT2D eigenvalue weighted by atomic mass is 16.5. The molecule has 1 aliphatic heterocycles. The second-order valence-electron chi connectivity index (χ2n) is 4.00. The minimum Gasteiger partial charge on any atom is -0.354 e. The third-order valence-corrected chi connectivity index (χ3v) is 2.62. The molecule has 1 atom stereocenters. The zero-order chi connectivity index (χ0) is 12.8. The van der Waals surface area contributed by atoms with Gasteiger partial charge < -0.3 is 15.4 Å². The molecule has 1 aliphatic rings. The molecule has 0 aromatic rings. The van der Waals surface area contributed by atoms with Crippen LogP contribution in [0.15, 0.2) is 11.3 Å². The number of Topliss-reactive ketones (excluding diaryl/α,β-unsaturated/α-hetero) is 1. The molecular formula is C12H20N2O3. The third-order valence-electron chi connectivity index (χ3n) is 2.62. The number of amides is 2. The van der Waals surface area contributed by atoms with Crippen LogP contribution in [0.3, 0.4) is 0 Å². The van der Waals surface area contributed by atoms with Gasteiger partial charge in [-0.05, 0) is 20.3 Å². The Labute approximate surface area is 102 Å². The van der Waals surface area contributed by atoms with Gasteiger partial charge >= 0.3 is 6.03 Å². The van der Waals surface area contributed by atoms with Crippen molar-refractivity contribution in [1.82, 2.24) is 10.6 Å². The number of ketones is 1. The Morgan fingerprint density at radius 1 is 1.41 bits per heavy atom. The van der Waals surface area contributed by atoms with Gasteiger partial charge in [-0.2, -0.15) is 0 Å². The molecule has 1 heterocycles. The minimum atomic E-state index is -0.613. The molecule has 0 saturated carbocycles. The predicted octanol–water partition coefficient (Wildman–Crippen LogP) is 1.70. The summed E-state index contributed by atoms with van der Waals surface area (Å²) in [5.74, 6) is 0.0373. The standard InChI is InChI=1S/C12H20N2O3/c1-4-6-7-9(15)10-8(3)13-12(16)14-11(10)17-5-2/h11H,4-7H2,1-3H3,(H2,13,14,16). The second-order valence-corrected chi connectivity index (χ2v) is 4.00. The average Bonchev–Trinajstić information content (AvgIpc) is 2.25. The number of carbonyl (C=O) groups is 2. The number of rotatable bonds is 6. The van der Waals surface area contributed by atoms with Gasteiger partial charge in [0, 0.05) is 18.7 Å². The van der Waals surface area contributed by atoms with Gasteiger partial charge in [0.25, 0.3) is 0 Å². The van der Waals surface area contributed by atoms with Crippen LogP contribution in [-0.2, 0) is 9.53 Å². The number of ether oxygens (including phenoxy) is 1. The van der Waals surface area contributed by atoms with E-state index in [1.54, 1.807) is 6.92 Å². The summed E-state index contributed by atoms with van der Waals surface area (Å²) in [5, 5.41) is 5.21. The van der Waals surface area contributed by atoms with Crippen LogP contribution >= 0.6 is 0 Å². The van der Waals surface area contributed by atoms with Gasteiger partial charge in [0.1, 0.15) is 0 Å². The fourth-order valence-corrected chi connectivity index (χ4v) is 1.78.